The van der Waals surface area contributed by atoms with E-state index < -0.39 is 18.5 Å². The van der Waals surface area contributed by atoms with E-state index in [9.17, 15) is 9.59 Å². The lowest BCUT2D eigenvalue weighted by molar-refractivity contribution is -0.149. The first-order valence-corrected chi connectivity index (χ1v) is 8.60. The van der Waals surface area contributed by atoms with Crippen LogP contribution in [-0.4, -0.2) is 30.1 Å². The number of anilines is 1. The minimum absolute atomic E-state index is 0.138. The van der Waals surface area contributed by atoms with Crippen LogP contribution in [-0.2, 0) is 14.3 Å². The van der Waals surface area contributed by atoms with Crippen LogP contribution in [0.2, 0.25) is 10.0 Å². The maximum atomic E-state index is 11.8. The van der Waals surface area contributed by atoms with Crippen molar-refractivity contribution < 1.29 is 19.1 Å². The second-order valence-corrected chi connectivity index (χ2v) is 6.52. The van der Waals surface area contributed by atoms with E-state index in [2.05, 4.69) is 10.3 Å². The van der Waals surface area contributed by atoms with Crippen molar-refractivity contribution in [3.8, 4) is 5.75 Å². The number of benzene rings is 1. The van der Waals surface area contributed by atoms with Crippen molar-refractivity contribution in [1.29, 1.82) is 0 Å². The Hall–Kier alpha value is -2.31. The van der Waals surface area contributed by atoms with E-state index in [0.29, 0.717) is 10.8 Å². The number of rotatable bonds is 7. The molecule has 26 heavy (non-hydrogen) atoms. The Labute approximate surface area is 161 Å². The van der Waals surface area contributed by atoms with Crippen molar-refractivity contribution in [3.63, 3.8) is 0 Å². The molecule has 0 spiro atoms. The summed E-state index contributed by atoms with van der Waals surface area (Å²) < 4.78 is 10.4. The molecule has 0 fully saturated rings. The molecule has 6 nitrogen and oxygen atoms in total. The number of nitrogens with one attached hydrogen (secondary N) is 1. The Morgan fingerprint density at radius 3 is 2.62 bits per heavy atom. The van der Waals surface area contributed by atoms with E-state index in [-0.39, 0.29) is 23.4 Å². The molecule has 8 heteroatoms. The first-order valence-electron chi connectivity index (χ1n) is 7.85. The Morgan fingerprint density at radius 1 is 1.19 bits per heavy atom. The highest BCUT2D eigenvalue weighted by Crippen LogP contribution is 2.25. The number of ether oxygens (including phenoxy) is 2. The quantitative estimate of drug-likeness (QED) is 0.713. The number of carbonyl (C=O) groups is 2. The summed E-state index contributed by atoms with van der Waals surface area (Å²) in [7, 11) is 0. The number of halogens is 2. The van der Waals surface area contributed by atoms with Crippen molar-refractivity contribution in [2.75, 3.05) is 18.5 Å². The first-order chi connectivity index (χ1) is 12.4. The molecule has 2 rings (SSSR count). The van der Waals surface area contributed by atoms with Gasteiger partial charge in [0, 0.05) is 6.20 Å². The van der Waals surface area contributed by atoms with Gasteiger partial charge < -0.3 is 14.8 Å². The number of carbonyl (C=O) groups excluding carboxylic acids is 2. The molecule has 0 unspecified atom stereocenters. The molecule has 0 aliphatic carbocycles. The summed E-state index contributed by atoms with van der Waals surface area (Å²) in [4.78, 5) is 27.5. The Morgan fingerprint density at radius 2 is 1.92 bits per heavy atom. The maximum Gasteiger partial charge on any atom is 0.344 e. The van der Waals surface area contributed by atoms with E-state index in [0.717, 1.165) is 5.56 Å². The molecule has 0 saturated carbocycles. The summed E-state index contributed by atoms with van der Waals surface area (Å²) in [6.45, 7) is 3.28. The molecule has 0 saturated heterocycles. The van der Waals surface area contributed by atoms with Crippen molar-refractivity contribution in [1.82, 2.24) is 4.98 Å². The van der Waals surface area contributed by atoms with E-state index in [1.54, 1.807) is 6.07 Å². The zero-order valence-corrected chi connectivity index (χ0v) is 15.8. The van der Waals surface area contributed by atoms with Crippen LogP contribution in [0.3, 0.4) is 0 Å². The van der Waals surface area contributed by atoms with E-state index in [1.165, 1.54) is 12.3 Å². The normalized spacial score (nSPS) is 10.5. The van der Waals surface area contributed by atoms with Gasteiger partial charge in [-0.2, -0.15) is 0 Å². The van der Waals surface area contributed by atoms with Crippen molar-refractivity contribution in [3.05, 3.63) is 52.1 Å². The van der Waals surface area contributed by atoms with E-state index in [1.807, 2.05) is 32.0 Å². The molecule has 1 amide bonds. The second kappa shape index (κ2) is 9.40. The largest absolute Gasteiger partial charge is 0.482 e. The molecule has 1 heterocycles. The first kappa shape index (κ1) is 20.0. The van der Waals surface area contributed by atoms with Crippen molar-refractivity contribution >= 4 is 40.9 Å². The molecule has 1 N–H and O–H groups in total. The molecule has 0 radical (unpaired) electrons. The smallest absolute Gasteiger partial charge is 0.344 e. The molecular weight excluding hydrogens is 379 g/mol. The fraction of sp³-hybridized carbons (Fsp3) is 0.278. The fourth-order valence-electron chi connectivity index (χ4n) is 2.09. The zero-order valence-electron chi connectivity index (χ0n) is 14.3. The molecule has 1 aromatic carbocycles. The van der Waals surface area contributed by atoms with Crippen LogP contribution >= 0.6 is 23.2 Å². The summed E-state index contributed by atoms with van der Waals surface area (Å²) in [5.74, 6) is -0.226. The highest BCUT2D eigenvalue weighted by atomic mass is 35.5. The van der Waals surface area contributed by atoms with Gasteiger partial charge in [-0.3, -0.25) is 4.79 Å². The molecule has 0 atom stereocenters. The summed E-state index contributed by atoms with van der Waals surface area (Å²) in [6, 6.07) is 8.88. The predicted molar refractivity (Wildman–Crippen MR) is 99.9 cm³/mol. The van der Waals surface area contributed by atoms with Gasteiger partial charge in [0.15, 0.2) is 19.0 Å². The lowest BCUT2D eigenvalue weighted by Gasteiger charge is -2.13. The zero-order chi connectivity index (χ0) is 19.1. The molecule has 0 aliphatic rings. The molecule has 2 aromatic rings. The number of nitrogens with zero attached hydrogens (tertiary/aromatic N) is 1. The molecule has 138 valence electrons. The lowest BCUT2D eigenvalue weighted by atomic mass is 10.0. The van der Waals surface area contributed by atoms with Gasteiger partial charge in [0.05, 0.1) is 10.0 Å². The Kier molecular flexibility index (Phi) is 7.24. The van der Waals surface area contributed by atoms with Crippen molar-refractivity contribution in [2.24, 2.45) is 0 Å². The van der Waals surface area contributed by atoms with Crippen LogP contribution in [0.25, 0.3) is 0 Å². The summed E-state index contributed by atoms with van der Waals surface area (Å²) in [5, 5.41) is 2.96. The molecular formula is C18H18Cl2N2O4. The van der Waals surface area contributed by atoms with Gasteiger partial charge in [0.25, 0.3) is 5.91 Å². The average Bonchev–Trinajstić information content (AvgIpc) is 2.60. The van der Waals surface area contributed by atoms with Gasteiger partial charge in [-0.25, -0.2) is 9.78 Å². The van der Waals surface area contributed by atoms with Gasteiger partial charge in [-0.15, -0.1) is 0 Å². The van der Waals surface area contributed by atoms with Crippen LogP contribution in [0.1, 0.15) is 25.3 Å². The number of aromatic nitrogens is 1. The molecule has 1 aromatic heterocycles. The number of hydrogen-bond donors (Lipinski definition) is 1. The monoisotopic (exact) mass is 396 g/mol. The third-order valence-corrected chi connectivity index (χ3v) is 3.81. The van der Waals surface area contributed by atoms with E-state index in [4.69, 9.17) is 32.7 Å². The summed E-state index contributed by atoms with van der Waals surface area (Å²) >= 11 is 11.6. The van der Waals surface area contributed by atoms with E-state index >= 15 is 0 Å². The van der Waals surface area contributed by atoms with Crippen molar-refractivity contribution in [2.45, 2.75) is 19.8 Å². The number of amides is 1. The van der Waals surface area contributed by atoms with Crippen LogP contribution < -0.4 is 10.1 Å². The van der Waals surface area contributed by atoms with Crippen LogP contribution in [0.5, 0.6) is 5.75 Å². The van der Waals surface area contributed by atoms with Gasteiger partial charge >= 0.3 is 5.97 Å². The fourth-order valence-corrected chi connectivity index (χ4v) is 2.52. The standard InChI is InChI=1S/C18H18Cl2N2O4/c1-11(2)13-5-3-4-6-15(13)25-10-17(24)26-9-16(23)22-18-14(20)7-12(19)8-21-18/h3-8,11H,9-10H2,1-2H3,(H,21,22,23). The number of para-hydroxylation sites is 1. The third-order valence-electron chi connectivity index (χ3n) is 3.32. The minimum Gasteiger partial charge on any atom is -0.482 e. The lowest BCUT2D eigenvalue weighted by Crippen LogP contribution is -2.24. The molecule has 0 bridgehead atoms. The van der Waals surface area contributed by atoms with Gasteiger partial charge in [-0.1, -0.05) is 55.2 Å². The van der Waals surface area contributed by atoms with Gasteiger partial charge in [-0.05, 0) is 23.6 Å². The Balaban J connectivity index is 1.81. The Bertz CT molecular complexity index is 797. The highest BCUT2D eigenvalue weighted by molar-refractivity contribution is 6.36. The summed E-state index contributed by atoms with van der Waals surface area (Å²) in [6.07, 6.45) is 1.34. The predicted octanol–water partition coefficient (Wildman–Crippen LogP) is 4.07. The second-order valence-electron chi connectivity index (χ2n) is 5.67. The summed E-state index contributed by atoms with van der Waals surface area (Å²) in [5.41, 5.74) is 0.987. The topological polar surface area (TPSA) is 77.5 Å². The minimum atomic E-state index is -0.658. The maximum absolute atomic E-state index is 11.8. The van der Waals surface area contributed by atoms with Crippen LogP contribution in [0.15, 0.2) is 36.5 Å². The van der Waals surface area contributed by atoms with Gasteiger partial charge in [0.1, 0.15) is 5.75 Å². The average molecular weight is 397 g/mol. The number of pyridine rings is 1. The highest BCUT2D eigenvalue weighted by Gasteiger charge is 2.13. The number of hydrogen-bond acceptors (Lipinski definition) is 5. The van der Waals surface area contributed by atoms with Crippen LogP contribution in [0, 0.1) is 0 Å². The molecule has 0 aliphatic heterocycles. The van der Waals surface area contributed by atoms with Crippen LogP contribution in [0.4, 0.5) is 5.82 Å². The van der Waals surface area contributed by atoms with Gasteiger partial charge in [0.2, 0.25) is 0 Å². The SMILES string of the molecule is CC(C)c1ccccc1OCC(=O)OCC(=O)Nc1ncc(Cl)cc1Cl. The number of esters is 1. The third kappa shape index (κ3) is 5.89.